The van der Waals surface area contributed by atoms with Gasteiger partial charge >= 0.3 is 0 Å². The van der Waals surface area contributed by atoms with Crippen LogP contribution >= 0.6 is 0 Å². The van der Waals surface area contributed by atoms with E-state index in [1.807, 2.05) is 48.5 Å². The number of fused-ring (bicyclic) bond motifs is 2. The highest BCUT2D eigenvalue weighted by Crippen LogP contribution is 2.30. The molecule has 4 heteroatoms. The van der Waals surface area contributed by atoms with Crippen LogP contribution in [-0.4, -0.2) is 25.4 Å². The fourth-order valence-electron chi connectivity index (χ4n) is 2.65. The van der Waals surface area contributed by atoms with Crippen LogP contribution in [0.4, 0.5) is 5.69 Å². The molecule has 0 saturated carbocycles. The van der Waals surface area contributed by atoms with Crippen molar-refractivity contribution in [1.82, 2.24) is 5.32 Å². The number of amides is 2. The van der Waals surface area contributed by atoms with Gasteiger partial charge in [0, 0.05) is 24.7 Å². The molecule has 106 valence electrons. The Labute approximate surface area is 123 Å². The molecule has 0 radical (unpaired) electrons. The number of hydrogen-bond acceptors (Lipinski definition) is 2. The molecule has 0 spiro atoms. The largest absolute Gasteiger partial charge is 0.358 e. The second-order valence-corrected chi connectivity index (χ2v) is 5.03. The lowest BCUT2D eigenvalue weighted by atomic mass is 10.0. The van der Waals surface area contributed by atoms with Crippen molar-refractivity contribution in [3.8, 4) is 0 Å². The van der Waals surface area contributed by atoms with E-state index in [0.29, 0.717) is 12.0 Å². The van der Waals surface area contributed by atoms with E-state index in [1.54, 1.807) is 11.9 Å². The van der Waals surface area contributed by atoms with Crippen LogP contribution in [0.5, 0.6) is 0 Å². The Hall–Kier alpha value is -2.62. The van der Waals surface area contributed by atoms with Crippen molar-refractivity contribution in [2.45, 2.75) is 6.42 Å². The molecule has 0 bridgehead atoms. The van der Waals surface area contributed by atoms with E-state index in [0.717, 1.165) is 16.8 Å². The van der Waals surface area contributed by atoms with Gasteiger partial charge in [-0.05, 0) is 23.3 Å². The fraction of sp³-hybridized carbons (Fsp3) is 0.176. The first-order valence-electron chi connectivity index (χ1n) is 6.89. The molecule has 3 rings (SSSR count). The predicted octanol–water partition coefficient (Wildman–Crippen LogP) is 1.98. The van der Waals surface area contributed by atoms with Crippen molar-refractivity contribution in [3.05, 3.63) is 65.2 Å². The smallest absolute Gasteiger partial charge is 0.259 e. The van der Waals surface area contributed by atoms with Crippen LogP contribution in [-0.2, 0) is 11.2 Å². The van der Waals surface area contributed by atoms with E-state index in [2.05, 4.69) is 5.32 Å². The number of hydrogen-bond donors (Lipinski definition) is 1. The molecule has 0 atom stereocenters. The highest BCUT2D eigenvalue weighted by atomic mass is 16.2. The van der Waals surface area contributed by atoms with Gasteiger partial charge in [-0.3, -0.25) is 14.5 Å². The average molecular weight is 280 g/mol. The van der Waals surface area contributed by atoms with Crippen LogP contribution in [0.25, 0.3) is 0 Å². The summed E-state index contributed by atoms with van der Waals surface area (Å²) in [5.41, 5.74) is 3.52. The minimum atomic E-state index is -0.183. The summed E-state index contributed by atoms with van der Waals surface area (Å²) in [5, 5.41) is 2.58. The van der Waals surface area contributed by atoms with Gasteiger partial charge in [-0.25, -0.2) is 0 Å². The number of nitrogens with one attached hydrogen (secondary N) is 1. The highest BCUT2D eigenvalue weighted by molar-refractivity contribution is 6.10. The van der Waals surface area contributed by atoms with Gasteiger partial charge in [-0.15, -0.1) is 0 Å². The highest BCUT2D eigenvalue weighted by Gasteiger charge is 2.27. The topological polar surface area (TPSA) is 49.4 Å². The number of para-hydroxylation sites is 1. The third-order valence-corrected chi connectivity index (χ3v) is 3.74. The summed E-state index contributed by atoms with van der Waals surface area (Å²) in [7, 11) is 1.57. The Bertz CT molecular complexity index is 709. The maximum absolute atomic E-state index is 12.8. The molecule has 1 heterocycles. The van der Waals surface area contributed by atoms with Gasteiger partial charge in [0.05, 0.1) is 0 Å². The minimum absolute atomic E-state index is 0.0285. The Balaban J connectivity index is 2.13. The normalized spacial score (nSPS) is 13.2. The zero-order valence-corrected chi connectivity index (χ0v) is 11.8. The zero-order valence-electron chi connectivity index (χ0n) is 11.8. The molecule has 2 aromatic carbocycles. The van der Waals surface area contributed by atoms with E-state index in [-0.39, 0.29) is 18.4 Å². The van der Waals surface area contributed by atoms with Crippen LogP contribution < -0.4 is 10.2 Å². The minimum Gasteiger partial charge on any atom is -0.358 e. The summed E-state index contributed by atoms with van der Waals surface area (Å²) < 4.78 is 0. The molecule has 21 heavy (non-hydrogen) atoms. The van der Waals surface area contributed by atoms with Crippen molar-refractivity contribution in [3.63, 3.8) is 0 Å². The summed E-state index contributed by atoms with van der Waals surface area (Å²) in [6.07, 6.45) is 0.697. The third kappa shape index (κ3) is 2.40. The van der Waals surface area contributed by atoms with Crippen molar-refractivity contribution < 1.29 is 9.59 Å². The first-order chi connectivity index (χ1) is 10.2. The average Bonchev–Trinajstić information content (AvgIpc) is 2.63. The van der Waals surface area contributed by atoms with Crippen molar-refractivity contribution in [2.75, 3.05) is 18.5 Å². The van der Waals surface area contributed by atoms with Gasteiger partial charge in [0.2, 0.25) is 5.91 Å². The quantitative estimate of drug-likeness (QED) is 0.914. The van der Waals surface area contributed by atoms with Crippen molar-refractivity contribution >= 4 is 17.5 Å². The Kier molecular flexibility index (Phi) is 3.44. The number of carbonyl (C=O) groups excluding carboxylic acids is 2. The van der Waals surface area contributed by atoms with Gasteiger partial charge in [-0.2, -0.15) is 0 Å². The third-order valence-electron chi connectivity index (χ3n) is 3.74. The monoisotopic (exact) mass is 280 g/mol. The maximum Gasteiger partial charge on any atom is 0.259 e. The van der Waals surface area contributed by atoms with E-state index in [4.69, 9.17) is 0 Å². The molecular formula is C17H16N2O2. The van der Waals surface area contributed by atoms with Gasteiger partial charge in [0.25, 0.3) is 5.91 Å². The molecule has 0 saturated heterocycles. The van der Waals surface area contributed by atoms with Gasteiger partial charge < -0.3 is 5.32 Å². The van der Waals surface area contributed by atoms with E-state index in [9.17, 15) is 9.59 Å². The summed E-state index contributed by atoms with van der Waals surface area (Å²) in [5.74, 6) is -0.309. The van der Waals surface area contributed by atoms with Crippen molar-refractivity contribution in [1.29, 1.82) is 0 Å². The Morgan fingerprint density at radius 1 is 1.10 bits per heavy atom. The van der Waals surface area contributed by atoms with Crippen LogP contribution in [0.3, 0.4) is 0 Å². The number of benzene rings is 2. The summed E-state index contributed by atoms with van der Waals surface area (Å²) in [6, 6.07) is 15.3. The van der Waals surface area contributed by atoms with Crippen LogP contribution in [0, 0.1) is 0 Å². The molecule has 1 aliphatic heterocycles. The number of likely N-dealkylation sites (N-methyl/N-ethyl adjacent to an activating group) is 1. The summed E-state index contributed by atoms with van der Waals surface area (Å²) in [4.78, 5) is 26.1. The standard InChI is InChI=1S/C17H16N2O2/c1-18-16(20)11-19-15-9-5-3-7-13(15)10-12-6-2-4-8-14(12)17(19)21/h2-9H,10-11H2,1H3,(H,18,20). The van der Waals surface area contributed by atoms with E-state index in [1.165, 1.54) is 0 Å². The molecule has 0 aliphatic carbocycles. The van der Waals surface area contributed by atoms with Gasteiger partial charge in [0.1, 0.15) is 6.54 Å². The lowest BCUT2D eigenvalue weighted by Crippen LogP contribution is -2.39. The van der Waals surface area contributed by atoms with E-state index < -0.39 is 0 Å². The van der Waals surface area contributed by atoms with Gasteiger partial charge in [0.15, 0.2) is 0 Å². The second kappa shape index (κ2) is 5.40. The number of rotatable bonds is 2. The molecule has 0 aromatic heterocycles. The zero-order chi connectivity index (χ0) is 14.8. The van der Waals surface area contributed by atoms with Crippen LogP contribution in [0.2, 0.25) is 0 Å². The Morgan fingerprint density at radius 3 is 2.52 bits per heavy atom. The van der Waals surface area contributed by atoms with E-state index >= 15 is 0 Å². The maximum atomic E-state index is 12.8. The molecule has 4 nitrogen and oxygen atoms in total. The lowest BCUT2D eigenvalue weighted by Gasteiger charge is -2.22. The number of anilines is 1. The van der Waals surface area contributed by atoms with Crippen LogP contribution in [0.1, 0.15) is 21.5 Å². The SMILES string of the molecule is CNC(=O)CN1C(=O)c2ccccc2Cc2ccccc21. The number of nitrogens with zero attached hydrogens (tertiary/aromatic N) is 1. The Morgan fingerprint density at radius 2 is 1.76 bits per heavy atom. The molecule has 0 unspecified atom stereocenters. The molecule has 1 N–H and O–H groups in total. The molecule has 1 aliphatic rings. The molecule has 2 aromatic rings. The summed E-state index contributed by atoms with van der Waals surface area (Å²) >= 11 is 0. The molecule has 0 fully saturated rings. The first-order valence-corrected chi connectivity index (χ1v) is 6.89. The lowest BCUT2D eigenvalue weighted by molar-refractivity contribution is -0.119. The first kappa shape index (κ1) is 13.4. The van der Waals surface area contributed by atoms with Gasteiger partial charge in [-0.1, -0.05) is 36.4 Å². The fourth-order valence-corrected chi connectivity index (χ4v) is 2.65. The predicted molar refractivity (Wildman–Crippen MR) is 81.4 cm³/mol. The number of carbonyl (C=O) groups is 2. The molecule has 2 amide bonds. The second-order valence-electron chi connectivity index (χ2n) is 5.03. The van der Waals surface area contributed by atoms with Crippen molar-refractivity contribution in [2.24, 2.45) is 0 Å². The summed E-state index contributed by atoms with van der Waals surface area (Å²) in [6.45, 7) is 0.0285. The molecular weight excluding hydrogens is 264 g/mol. The van der Waals surface area contributed by atoms with Crippen LogP contribution in [0.15, 0.2) is 48.5 Å².